The lowest BCUT2D eigenvalue weighted by atomic mass is 10.2. The van der Waals surface area contributed by atoms with Gasteiger partial charge in [-0.05, 0) is 17.7 Å². The van der Waals surface area contributed by atoms with Crippen LogP contribution >= 0.6 is 0 Å². The van der Waals surface area contributed by atoms with Gasteiger partial charge in [-0.3, -0.25) is 14.4 Å². The molecular formula is C11H12N4O3. The van der Waals surface area contributed by atoms with E-state index in [0.29, 0.717) is 11.3 Å². The van der Waals surface area contributed by atoms with Crippen molar-refractivity contribution in [1.29, 1.82) is 0 Å². The fourth-order valence-electron chi connectivity index (χ4n) is 1.08. The number of nitrogens with zero attached hydrogens (tertiary/aromatic N) is 1. The number of hydrogen-bond donors (Lipinski definition) is 3. The van der Waals surface area contributed by atoms with Gasteiger partial charge >= 0.3 is 11.8 Å². The minimum Gasteiger partial charge on any atom is -0.361 e. The molecule has 1 aromatic carbocycles. The first-order chi connectivity index (χ1) is 8.49. The van der Waals surface area contributed by atoms with E-state index in [1.54, 1.807) is 24.3 Å². The zero-order chi connectivity index (χ0) is 13.5. The van der Waals surface area contributed by atoms with E-state index in [1.165, 1.54) is 13.1 Å². The highest BCUT2D eigenvalue weighted by Gasteiger charge is 2.05. The Hall–Kier alpha value is -2.70. The highest BCUT2D eigenvalue weighted by Crippen LogP contribution is 2.07. The quantitative estimate of drug-likeness (QED) is 0.383. The van der Waals surface area contributed by atoms with Gasteiger partial charge in [0.1, 0.15) is 0 Å². The number of benzene rings is 1. The van der Waals surface area contributed by atoms with Crippen LogP contribution in [0.15, 0.2) is 29.4 Å². The van der Waals surface area contributed by atoms with Crippen molar-refractivity contribution in [1.82, 2.24) is 5.43 Å². The number of carbonyl (C=O) groups excluding carboxylic acids is 3. The Kier molecular flexibility index (Phi) is 4.56. The van der Waals surface area contributed by atoms with E-state index < -0.39 is 11.8 Å². The molecular weight excluding hydrogens is 236 g/mol. The highest BCUT2D eigenvalue weighted by molar-refractivity contribution is 6.34. The summed E-state index contributed by atoms with van der Waals surface area (Å²) in [7, 11) is 0. The standard InChI is InChI=1S/C11H12N4O3/c1-7(16)14-9-4-2-8(3-5-9)6-13-15-11(18)10(12)17/h2-6H,1H3,(H2,12,17)(H,14,16)(H,15,18). The van der Waals surface area contributed by atoms with Gasteiger partial charge in [-0.15, -0.1) is 0 Å². The summed E-state index contributed by atoms with van der Waals surface area (Å²) in [5.41, 5.74) is 8.02. The number of nitrogens with one attached hydrogen (secondary N) is 2. The van der Waals surface area contributed by atoms with Crippen molar-refractivity contribution >= 4 is 29.6 Å². The van der Waals surface area contributed by atoms with Gasteiger partial charge in [-0.2, -0.15) is 5.10 Å². The van der Waals surface area contributed by atoms with E-state index in [0.717, 1.165) is 0 Å². The van der Waals surface area contributed by atoms with Gasteiger partial charge in [0.05, 0.1) is 6.21 Å². The monoisotopic (exact) mass is 248 g/mol. The summed E-state index contributed by atoms with van der Waals surface area (Å²) < 4.78 is 0. The average molecular weight is 248 g/mol. The van der Waals surface area contributed by atoms with Crippen LogP contribution in [0.5, 0.6) is 0 Å². The smallest absolute Gasteiger partial charge is 0.329 e. The van der Waals surface area contributed by atoms with Crippen LogP contribution in [0.2, 0.25) is 0 Å². The molecule has 0 heterocycles. The second kappa shape index (κ2) is 6.14. The van der Waals surface area contributed by atoms with Gasteiger partial charge in [0, 0.05) is 12.6 Å². The molecule has 0 aromatic heterocycles. The molecule has 0 bridgehead atoms. The Morgan fingerprint density at radius 2 is 1.83 bits per heavy atom. The van der Waals surface area contributed by atoms with E-state index in [2.05, 4.69) is 10.4 Å². The van der Waals surface area contributed by atoms with Crippen molar-refractivity contribution < 1.29 is 14.4 Å². The van der Waals surface area contributed by atoms with E-state index in [1.807, 2.05) is 5.43 Å². The molecule has 0 aliphatic carbocycles. The predicted molar refractivity (Wildman–Crippen MR) is 65.7 cm³/mol. The number of nitrogens with two attached hydrogens (primary N) is 1. The lowest BCUT2D eigenvalue weighted by Crippen LogP contribution is -2.32. The average Bonchev–Trinajstić information content (AvgIpc) is 2.30. The summed E-state index contributed by atoms with van der Waals surface area (Å²) in [5.74, 6) is -2.25. The molecule has 0 saturated heterocycles. The minimum atomic E-state index is -1.10. The van der Waals surface area contributed by atoms with Gasteiger partial charge in [-0.1, -0.05) is 12.1 Å². The van der Waals surface area contributed by atoms with Gasteiger partial charge in [0.2, 0.25) is 5.91 Å². The van der Waals surface area contributed by atoms with E-state index in [9.17, 15) is 14.4 Å². The summed E-state index contributed by atoms with van der Waals surface area (Å²) in [5, 5.41) is 6.15. The van der Waals surface area contributed by atoms with Crippen LogP contribution in [-0.2, 0) is 14.4 Å². The molecule has 18 heavy (non-hydrogen) atoms. The number of hydrazone groups is 1. The third kappa shape index (κ3) is 4.44. The van der Waals surface area contributed by atoms with Crippen molar-refractivity contribution in [2.45, 2.75) is 6.92 Å². The van der Waals surface area contributed by atoms with E-state index in [-0.39, 0.29) is 5.91 Å². The molecule has 3 amide bonds. The zero-order valence-electron chi connectivity index (χ0n) is 9.64. The topological polar surface area (TPSA) is 114 Å². The minimum absolute atomic E-state index is 0.162. The van der Waals surface area contributed by atoms with Gasteiger partial charge in [0.25, 0.3) is 0 Å². The SMILES string of the molecule is CC(=O)Nc1ccc(C=NNC(=O)C(N)=O)cc1. The first-order valence-electron chi connectivity index (χ1n) is 4.99. The van der Waals surface area contributed by atoms with Crippen molar-refractivity contribution in [3.8, 4) is 0 Å². The Morgan fingerprint density at radius 1 is 1.22 bits per heavy atom. The molecule has 0 spiro atoms. The maximum absolute atomic E-state index is 10.8. The zero-order valence-corrected chi connectivity index (χ0v) is 9.64. The molecule has 1 rings (SSSR count). The molecule has 4 N–H and O–H groups in total. The lowest BCUT2D eigenvalue weighted by Gasteiger charge is -2.01. The number of hydrogen-bond acceptors (Lipinski definition) is 4. The molecule has 0 atom stereocenters. The Balaban J connectivity index is 2.58. The van der Waals surface area contributed by atoms with Crippen molar-refractivity contribution in [3.63, 3.8) is 0 Å². The van der Waals surface area contributed by atoms with Crippen LogP contribution in [0.3, 0.4) is 0 Å². The van der Waals surface area contributed by atoms with Gasteiger partial charge < -0.3 is 11.1 Å². The maximum Gasteiger partial charge on any atom is 0.329 e. The van der Waals surface area contributed by atoms with Gasteiger partial charge in [-0.25, -0.2) is 5.43 Å². The summed E-state index contributed by atoms with van der Waals surface area (Å²) >= 11 is 0. The number of anilines is 1. The molecule has 1 aromatic rings. The number of amides is 3. The van der Waals surface area contributed by atoms with Crippen LogP contribution < -0.4 is 16.5 Å². The van der Waals surface area contributed by atoms with Crippen molar-refractivity contribution in [2.24, 2.45) is 10.8 Å². The molecule has 7 heteroatoms. The van der Waals surface area contributed by atoms with E-state index in [4.69, 9.17) is 5.73 Å². The third-order valence-corrected chi connectivity index (χ3v) is 1.83. The van der Waals surface area contributed by atoms with Crippen molar-refractivity contribution in [3.05, 3.63) is 29.8 Å². The Labute approximate surface area is 103 Å². The molecule has 0 radical (unpaired) electrons. The fourth-order valence-corrected chi connectivity index (χ4v) is 1.08. The summed E-state index contributed by atoms with van der Waals surface area (Å²) in [6, 6.07) is 6.73. The summed E-state index contributed by atoms with van der Waals surface area (Å²) in [6.45, 7) is 1.41. The van der Waals surface area contributed by atoms with Crippen LogP contribution in [0.1, 0.15) is 12.5 Å². The molecule has 0 aliphatic rings. The third-order valence-electron chi connectivity index (χ3n) is 1.83. The highest BCUT2D eigenvalue weighted by atomic mass is 16.2. The van der Waals surface area contributed by atoms with Crippen LogP contribution in [0, 0.1) is 0 Å². The second-order valence-electron chi connectivity index (χ2n) is 3.37. The summed E-state index contributed by atoms with van der Waals surface area (Å²) in [4.78, 5) is 31.9. The van der Waals surface area contributed by atoms with Crippen LogP contribution in [0.4, 0.5) is 5.69 Å². The lowest BCUT2D eigenvalue weighted by molar-refractivity contribution is -0.137. The molecule has 7 nitrogen and oxygen atoms in total. The summed E-state index contributed by atoms with van der Waals surface area (Å²) in [6.07, 6.45) is 1.35. The first-order valence-corrected chi connectivity index (χ1v) is 4.99. The normalized spacial score (nSPS) is 10.1. The second-order valence-corrected chi connectivity index (χ2v) is 3.37. The Morgan fingerprint density at radius 3 is 2.33 bits per heavy atom. The molecule has 94 valence electrons. The van der Waals surface area contributed by atoms with E-state index >= 15 is 0 Å². The molecule has 0 aliphatic heterocycles. The predicted octanol–water partition coefficient (Wildman–Crippen LogP) is -0.420. The molecule has 0 saturated carbocycles. The fraction of sp³-hybridized carbons (Fsp3) is 0.0909. The first kappa shape index (κ1) is 13.4. The van der Waals surface area contributed by atoms with Gasteiger partial charge in [0.15, 0.2) is 0 Å². The molecule has 0 unspecified atom stereocenters. The number of rotatable bonds is 3. The van der Waals surface area contributed by atoms with Crippen LogP contribution in [-0.4, -0.2) is 23.9 Å². The van der Waals surface area contributed by atoms with Crippen LogP contribution in [0.25, 0.3) is 0 Å². The maximum atomic E-state index is 10.8. The largest absolute Gasteiger partial charge is 0.361 e. The number of carbonyl (C=O) groups is 3. The van der Waals surface area contributed by atoms with Crippen molar-refractivity contribution in [2.75, 3.05) is 5.32 Å². The number of primary amides is 1. The molecule has 0 fully saturated rings. The Bertz CT molecular complexity index is 494.